The molecule has 1 aromatic rings. The van der Waals surface area contributed by atoms with Crippen molar-refractivity contribution in [2.24, 2.45) is 0 Å². The molecule has 4 heteroatoms. The number of hydrogen-bond donors (Lipinski definition) is 1. The van der Waals surface area contributed by atoms with Gasteiger partial charge in [-0.15, -0.1) is 0 Å². The molecule has 70 valence electrons. The molecule has 0 aliphatic carbocycles. The average Bonchev–Trinajstić information content (AvgIpc) is 2.21. The standard InChI is InChI=1S/C9H13N3S/c1-4-10-7-11-9(1)12-8-2-5-13-6-3-8/h1,4,7-8H,2-3,5-6H2,(H,10,11,12). The van der Waals surface area contributed by atoms with Crippen molar-refractivity contribution in [2.45, 2.75) is 18.9 Å². The zero-order chi connectivity index (χ0) is 8.93. The van der Waals surface area contributed by atoms with Crippen LogP contribution in [0.4, 0.5) is 5.82 Å². The maximum atomic E-state index is 4.14. The Kier molecular flexibility index (Phi) is 3.02. The molecule has 3 nitrogen and oxygen atoms in total. The fraction of sp³-hybridized carbons (Fsp3) is 0.556. The minimum atomic E-state index is 0.608. The first-order valence-corrected chi connectivity index (χ1v) is 5.71. The van der Waals surface area contributed by atoms with Crippen molar-refractivity contribution in [3.8, 4) is 0 Å². The second kappa shape index (κ2) is 4.46. The van der Waals surface area contributed by atoms with E-state index in [-0.39, 0.29) is 0 Å². The van der Waals surface area contributed by atoms with Crippen molar-refractivity contribution in [2.75, 3.05) is 16.8 Å². The first kappa shape index (κ1) is 8.81. The van der Waals surface area contributed by atoms with Gasteiger partial charge < -0.3 is 5.32 Å². The quantitative estimate of drug-likeness (QED) is 0.780. The molecular weight excluding hydrogens is 182 g/mol. The van der Waals surface area contributed by atoms with Gasteiger partial charge in [-0.2, -0.15) is 11.8 Å². The van der Waals surface area contributed by atoms with Crippen LogP contribution in [0.3, 0.4) is 0 Å². The van der Waals surface area contributed by atoms with Crippen LogP contribution < -0.4 is 5.32 Å². The second-order valence-corrected chi connectivity index (χ2v) is 4.35. The lowest BCUT2D eigenvalue weighted by Gasteiger charge is -2.22. The van der Waals surface area contributed by atoms with Gasteiger partial charge in [0.15, 0.2) is 0 Å². The van der Waals surface area contributed by atoms with Crippen LogP contribution in [0.1, 0.15) is 12.8 Å². The minimum absolute atomic E-state index is 0.608. The molecule has 1 aromatic heterocycles. The molecule has 2 rings (SSSR count). The number of nitrogens with zero attached hydrogens (tertiary/aromatic N) is 2. The highest BCUT2D eigenvalue weighted by molar-refractivity contribution is 7.99. The lowest BCUT2D eigenvalue weighted by Crippen LogP contribution is -2.24. The Hall–Kier alpha value is -0.770. The van der Waals surface area contributed by atoms with E-state index < -0.39 is 0 Å². The first-order chi connectivity index (χ1) is 6.45. The van der Waals surface area contributed by atoms with Crippen LogP contribution >= 0.6 is 11.8 Å². The third-order valence-corrected chi connectivity index (χ3v) is 3.20. The van der Waals surface area contributed by atoms with E-state index in [1.54, 1.807) is 12.5 Å². The molecule has 1 N–H and O–H groups in total. The smallest absolute Gasteiger partial charge is 0.129 e. The fourth-order valence-electron chi connectivity index (χ4n) is 1.43. The molecule has 0 amide bonds. The van der Waals surface area contributed by atoms with E-state index in [1.165, 1.54) is 24.3 Å². The van der Waals surface area contributed by atoms with Crippen molar-refractivity contribution in [1.82, 2.24) is 9.97 Å². The van der Waals surface area contributed by atoms with Crippen LogP contribution in [0.15, 0.2) is 18.6 Å². The average molecular weight is 195 g/mol. The molecule has 0 spiro atoms. The summed E-state index contributed by atoms with van der Waals surface area (Å²) in [4.78, 5) is 8.03. The van der Waals surface area contributed by atoms with Crippen LogP contribution in [0.2, 0.25) is 0 Å². The molecule has 0 atom stereocenters. The normalized spacial score (nSPS) is 18.5. The van der Waals surface area contributed by atoms with E-state index in [1.807, 2.05) is 17.8 Å². The Bertz CT molecular complexity index is 246. The Morgan fingerprint density at radius 2 is 2.23 bits per heavy atom. The van der Waals surface area contributed by atoms with Crippen molar-refractivity contribution >= 4 is 17.6 Å². The van der Waals surface area contributed by atoms with Crippen LogP contribution in [0.5, 0.6) is 0 Å². The minimum Gasteiger partial charge on any atom is -0.367 e. The lowest BCUT2D eigenvalue weighted by molar-refractivity contribution is 0.663. The van der Waals surface area contributed by atoms with Crippen LogP contribution in [0.25, 0.3) is 0 Å². The summed E-state index contributed by atoms with van der Waals surface area (Å²) in [6, 6.07) is 2.53. The Balaban J connectivity index is 1.90. The Labute approximate surface area is 82.4 Å². The zero-order valence-electron chi connectivity index (χ0n) is 7.44. The summed E-state index contributed by atoms with van der Waals surface area (Å²) in [5.41, 5.74) is 0. The highest BCUT2D eigenvalue weighted by Crippen LogP contribution is 2.19. The largest absolute Gasteiger partial charge is 0.367 e. The maximum absolute atomic E-state index is 4.14. The highest BCUT2D eigenvalue weighted by Gasteiger charge is 2.12. The molecule has 1 fully saturated rings. The van der Waals surface area contributed by atoms with E-state index in [0.29, 0.717) is 6.04 Å². The molecule has 1 saturated heterocycles. The number of thioether (sulfide) groups is 1. The summed E-state index contributed by atoms with van der Waals surface area (Å²) in [6.07, 6.45) is 5.84. The van der Waals surface area contributed by atoms with Gasteiger partial charge in [-0.05, 0) is 30.4 Å². The van der Waals surface area contributed by atoms with Crippen molar-refractivity contribution in [3.05, 3.63) is 18.6 Å². The summed E-state index contributed by atoms with van der Waals surface area (Å²) >= 11 is 2.04. The van der Waals surface area contributed by atoms with Crippen molar-refractivity contribution < 1.29 is 0 Å². The van der Waals surface area contributed by atoms with E-state index in [9.17, 15) is 0 Å². The van der Waals surface area contributed by atoms with Crippen molar-refractivity contribution in [1.29, 1.82) is 0 Å². The fourth-order valence-corrected chi connectivity index (χ4v) is 2.53. The first-order valence-electron chi connectivity index (χ1n) is 4.55. The number of aromatic nitrogens is 2. The van der Waals surface area contributed by atoms with Crippen LogP contribution in [-0.4, -0.2) is 27.5 Å². The predicted octanol–water partition coefficient (Wildman–Crippen LogP) is 1.78. The molecular formula is C9H13N3S. The zero-order valence-corrected chi connectivity index (χ0v) is 8.26. The summed E-state index contributed by atoms with van der Waals surface area (Å²) < 4.78 is 0. The van der Waals surface area contributed by atoms with Gasteiger partial charge in [-0.25, -0.2) is 9.97 Å². The molecule has 0 unspecified atom stereocenters. The van der Waals surface area contributed by atoms with Gasteiger partial charge in [0, 0.05) is 12.2 Å². The maximum Gasteiger partial charge on any atom is 0.129 e. The van der Waals surface area contributed by atoms with Crippen LogP contribution in [-0.2, 0) is 0 Å². The number of rotatable bonds is 2. The van der Waals surface area contributed by atoms with Crippen LogP contribution in [0, 0.1) is 0 Å². The molecule has 0 saturated carbocycles. The van der Waals surface area contributed by atoms with E-state index >= 15 is 0 Å². The molecule has 0 radical (unpaired) electrons. The third kappa shape index (κ3) is 2.59. The topological polar surface area (TPSA) is 37.8 Å². The molecule has 13 heavy (non-hydrogen) atoms. The van der Waals surface area contributed by atoms with E-state index in [2.05, 4.69) is 15.3 Å². The van der Waals surface area contributed by atoms with E-state index in [0.717, 1.165) is 5.82 Å². The van der Waals surface area contributed by atoms with Gasteiger partial charge in [0.1, 0.15) is 12.1 Å². The van der Waals surface area contributed by atoms with Gasteiger partial charge in [-0.1, -0.05) is 0 Å². The number of nitrogens with one attached hydrogen (secondary N) is 1. The van der Waals surface area contributed by atoms with Gasteiger partial charge >= 0.3 is 0 Å². The molecule has 1 aliphatic heterocycles. The van der Waals surface area contributed by atoms with Gasteiger partial charge in [-0.3, -0.25) is 0 Å². The molecule has 2 heterocycles. The Morgan fingerprint density at radius 3 is 2.92 bits per heavy atom. The van der Waals surface area contributed by atoms with Gasteiger partial charge in [0.25, 0.3) is 0 Å². The summed E-state index contributed by atoms with van der Waals surface area (Å²) in [7, 11) is 0. The second-order valence-electron chi connectivity index (χ2n) is 3.13. The third-order valence-electron chi connectivity index (χ3n) is 2.16. The highest BCUT2D eigenvalue weighted by atomic mass is 32.2. The molecule has 1 aliphatic rings. The Morgan fingerprint density at radius 1 is 1.38 bits per heavy atom. The van der Waals surface area contributed by atoms with E-state index in [4.69, 9.17) is 0 Å². The molecule has 0 aromatic carbocycles. The SMILES string of the molecule is c1cc(NC2CCSCC2)ncn1. The number of hydrogen-bond acceptors (Lipinski definition) is 4. The lowest BCUT2D eigenvalue weighted by atomic mass is 10.1. The summed E-state index contributed by atoms with van der Waals surface area (Å²) in [6.45, 7) is 0. The summed E-state index contributed by atoms with van der Waals surface area (Å²) in [5, 5.41) is 3.42. The monoisotopic (exact) mass is 195 g/mol. The van der Waals surface area contributed by atoms with Gasteiger partial charge in [0.05, 0.1) is 0 Å². The predicted molar refractivity (Wildman–Crippen MR) is 56.0 cm³/mol. The number of anilines is 1. The van der Waals surface area contributed by atoms with Crippen molar-refractivity contribution in [3.63, 3.8) is 0 Å². The molecule has 0 bridgehead atoms. The summed E-state index contributed by atoms with van der Waals surface area (Å²) in [5.74, 6) is 3.48. The van der Waals surface area contributed by atoms with Gasteiger partial charge in [0.2, 0.25) is 0 Å².